The SMILES string of the molecule is CCCCNC(=O)C(C)N(Cc1cccc(C)c1)C(=O)CN(c1ccc(C23CC4CC(CC(C4)C2)C3)cc1)S(C)(=O)=O. The van der Waals surface area contributed by atoms with Crippen LogP contribution in [-0.2, 0) is 31.6 Å². The highest BCUT2D eigenvalue weighted by atomic mass is 32.2. The maximum absolute atomic E-state index is 13.9. The summed E-state index contributed by atoms with van der Waals surface area (Å²) in [5, 5.41) is 2.93. The zero-order valence-corrected chi connectivity index (χ0v) is 26.5. The topological polar surface area (TPSA) is 86.8 Å². The number of unbranched alkanes of at least 4 members (excludes halogenated alkanes) is 1. The van der Waals surface area contributed by atoms with Crippen LogP contribution in [0.4, 0.5) is 5.69 Å². The third kappa shape index (κ3) is 6.69. The summed E-state index contributed by atoms with van der Waals surface area (Å²) in [4.78, 5) is 28.4. The fraction of sp³-hybridized carbons (Fsp3) is 0.588. The lowest BCUT2D eigenvalue weighted by Gasteiger charge is -2.57. The highest BCUT2D eigenvalue weighted by molar-refractivity contribution is 7.92. The highest BCUT2D eigenvalue weighted by Gasteiger charge is 2.51. The van der Waals surface area contributed by atoms with Crippen molar-refractivity contribution >= 4 is 27.5 Å². The molecular weight excluding hydrogens is 546 g/mol. The number of rotatable bonds is 12. The highest BCUT2D eigenvalue weighted by Crippen LogP contribution is 2.60. The molecule has 4 fully saturated rings. The van der Waals surface area contributed by atoms with Crippen molar-refractivity contribution in [1.82, 2.24) is 10.2 Å². The van der Waals surface area contributed by atoms with E-state index in [-0.39, 0.29) is 24.4 Å². The van der Waals surface area contributed by atoms with E-state index in [1.165, 1.54) is 53.3 Å². The molecule has 6 rings (SSSR count). The van der Waals surface area contributed by atoms with Crippen LogP contribution < -0.4 is 9.62 Å². The van der Waals surface area contributed by atoms with E-state index in [9.17, 15) is 18.0 Å². The average molecular weight is 594 g/mol. The molecule has 0 radical (unpaired) electrons. The normalized spacial score (nSPS) is 25.2. The van der Waals surface area contributed by atoms with Crippen LogP contribution >= 0.6 is 0 Å². The van der Waals surface area contributed by atoms with Gasteiger partial charge in [0, 0.05) is 13.1 Å². The molecule has 2 aromatic carbocycles. The van der Waals surface area contributed by atoms with Crippen molar-refractivity contribution in [1.29, 1.82) is 0 Å². The summed E-state index contributed by atoms with van der Waals surface area (Å²) in [5.41, 5.74) is 3.95. The lowest BCUT2D eigenvalue weighted by Crippen LogP contribution is -2.51. The summed E-state index contributed by atoms with van der Waals surface area (Å²) in [6, 6.07) is 15.0. The fourth-order valence-electron chi connectivity index (χ4n) is 8.19. The third-order valence-corrected chi connectivity index (χ3v) is 11.1. The number of benzene rings is 2. The van der Waals surface area contributed by atoms with Crippen molar-refractivity contribution in [3.63, 3.8) is 0 Å². The van der Waals surface area contributed by atoms with E-state index in [0.29, 0.717) is 12.2 Å². The number of sulfonamides is 1. The van der Waals surface area contributed by atoms with E-state index in [1.54, 1.807) is 6.92 Å². The van der Waals surface area contributed by atoms with Crippen molar-refractivity contribution in [3.05, 3.63) is 65.2 Å². The number of carbonyl (C=O) groups excluding carboxylic acids is 2. The van der Waals surface area contributed by atoms with Crippen LogP contribution in [-0.4, -0.2) is 50.5 Å². The molecule has 4 saturated carbocycles. The van der Waals surface area contributed by atoms with Crippen LogP contribution in [0.3, 0.4) is 0 Å². The Hall–Kier alpha value is -2.87. The second kappa shape index (κ2) is 12.4. The number of nitrogens with zero attached hydrogens (tertiary/aromatic N) is 2. The number of carbonyl (C=O) groups is 2. The third-order valence-electron chi connectivity index (χ3n) is 9.92. The lowest BCUT2D eigenvalue weighted by molar-refractivity contribution is -0.139. The van der Waals surface area contributed by atoms with Gasteiger partial charge in [-0.3, -0.25) is 13.9 Å². The molecule has 7 nitrogen and oxygen atoms in total. The van der Waals surface area contributed by atoms with E-state index < -0.39 is 22.0 Å². The first-order valence-corrected chi connectivity index (χ1v) is 17.5. The van der Waals surface area contributed by atoms with Gasteiger partial charge in [-0.15, -0.1) is 0 Å². The van der Waals surface area contributed by atoms with Gasteiger partial charge in [0.15, 0.2) is 0 Å². The summed E-state index contributed by atoms with van der Waals surface area (Å²) in [6.07, 6.45) is 10.8. The lowest BCUT2D eigenvalue weighted by atomic mass is 9.48. The Bertz CT molecular complexity index is 1350. The number of aryl methyl sites for hydroxylation is 1. The number of anilines is 1. The Morgan fingerprint density at radius 1 is 1.00 bits per heavy atom. The molecule has 4 aliphatic carbocycles. The minimum Gasteiger partial charge on any atom is -0.354 e. The summed E-state index contributed by atoms with van der Waals surface area (Å²) in [5.74, 6) is 1.81. The molecule has 2 amide bonds. The molecule has 4 aliphatic rings. The van der Waals surface area contributed by atoms with Gasteiger partial charge in [-0.25, -0.2) is 8.42 Å². The minimum absolute atomic E-state index is 0.213. The maximum atomic E-state index is 13.9. The molecule has 2 aromatic rings. The molecule has 4 bridgehead atoms. The van der Waals surface area contributed by atoms with Crippen molar-refractivity contribution in [2.24, 2.45) is 17.8 Å². The quantitative estimate of drug-likeness (QED) is 0.327. The molecule has 0 spiro atoms. The van der Waals surface area contributed by atoms with E-state index in [0.717, 1.165) is 48.0 Å². The van der Waals surface area contributed by atoms with Crippen molar-refractivity contribution < 1.29 is 18.0 Å². The molecular formula is C34H47N3O4S. The fourth-order valence-corrected chi connectivity index (χ4v) is 9.03. The second-order valence-corrected chi connectivity index (χ2v) is 15.3. The largest absolute Gasteiger partial charge is 0.354 e. The predicted molar refractivity (Wildman–Crippen MR) is 168 cm³/mol. The van der Waals surface area contributed by atoms with E-state index in [1.807, 2.05) is 43.3 Å². The van der Waals surface area contributed by atoms with Gasteiger partial charge in [0.1, 0.15) is 12.6 Å². The van der Waals surface area contributed by atoms with Crippen LogP contribution in [0.5, 0.6) is 0 Å². The Morgan fingerprint density at radius 3 is 2.17 bits per heavy atom. The molecule has 0 heterocycles. The molecule has 0 saturated heterocycles. The van der Waals surface area contributed by atoms with Gasteiger partial charge in [-0.1, -0.05) is 55.3 Å². The number of nitrogens with one attached hydrogen (secondary N) is 1. The minimum atomic E-state index is -3.76. The summed E-state index contributed by atoms with van der Waals surface area (Å²) in [6.45, 7) is 6.13. The monoisotopic (exact) mass is 593 g/mol. The molecule has 1 unspecified atom stereocenters. The van der Waals surface area contributed by atoms with E-state index >= 15 is 0 Å². The molecule has 228 valence electrons. The van der Waals surface area contributed by atoms with Gasteiger partial charge in [0.05, 0.1) is 11.9 Å². The first kappa shape index (κ1) is 30.6. The van der Waals surface area contributed by atoms with Crippen molar-refractivity contribution in [3.8, 4) is 0 Å². The van der Waals surface area contributed by atoms with Gasteiger partial charge in [-0.2, -0.15) is 0 Å². The van der Waals surface area contributed by atoms with Crippen LogP contribution in [0.2, 0.25) is 0 Å². The smallest absolute Gasteiger partial charge is 0.244 e. The predicted octanol–water partition coefficient (Wildman–Crippen LogP) is 5.56. The molecule has 1 N–H and O–H groups in total. The van der Waals surface area contributed by atoms with Gasteiger partial charge < -0.3 is 10.2 Å². The second-order valence-electron chi connectivity index (χ2n) is 13.3. The number of hydrogen-bond acceptors (Lipinski definition) is 4. The molecule has 0 aliphatic heterocycles. The van der Waals surface area contributed by atoms with Crippen LogP contribution in [0.25, 0.3) is 0 Å². The maximum Gasteiger partial charge on any atom is 0.244 e. The first-order valence-electron chi connectivity index (χ1n) is 15.7. The molecule has 42 heavy (non-hydrogen) atoms. The van der Waals surface area contributed by atoms with Crippen molar-refractivity contribution in [2.45, 2.75) is 90.1 Å². The van der Waals surface area contributed by atoms with E-state index in [2.05, 4.69) is 24.4 Å². The molecule has 0 aromatic heterocycles. The van der Waals surface area contributed by atoms with Crippen LogP contribution in [0, 0.1) is 24.7 Å². The van der Waals surface area contributed by atoms with Gasteiger partial charge in [0.25, 0.3) is 0 Å². The standard InChI is InChI=1S/C34H47N3O4S/c1-5-6-14-35-33(39)25(3)36(22-26-9-7-8-24(2)15-26)32(38)23-37(42(4,40)41)31-12-10-30(11-13-31)34-19-27-16-28(20-34)18-29(17-27)21-34/h7-13,15,25,27-29H,5-6,14,16-23H2,1-4H3,(H,35,39). The summed E-state index contributed by atoms with van der Waals surface area (Å²) >= 11 is 0. The van der Waals surface area contributed by atoms with Gasteiger partial charge in [-0.05, 0) is 105 Å². The van der Waals surface area contributed by atoms with Crippen molar-refractivity contribution in [2.75, 3.05) is 23.7 Å². The molecule has 1 atom stereocenters. The van der Waals surface area contributed by atoms with Crippen LogP contribution in [0.1, 0.15) is 81.9 Å². The average Bonchev–Trinajstić information content (AvgIpc) is 2.93. The Morgan fingerprint density at radius 2 is 1.62 bits per heavy atom. The first-order chi connectivity index (χ1) is 20.0. The Balaban J connectivity index is 1.37. The summed E-state index contributed by atoms with van der Waals surface area (Å²) < 4.78 is 27.3. The zero-order valence-electron chi connectivity index (χ0n) is 25.6. The Labute approximate surface area is 252 Å². The van der Waals surface area contributed by atoms with Gasteiger partial charge >= 0.3 is 0 Å². The number of amides is 2. The number of hydrogen-bond donors (Lipinski definition) is 1. The van der Waals surface area contributed by atoms with Crippen LogP contribution in [0.15, 0.2) is 48.5 Å². The van der Waals surface area contributed by atoms with E-state index in [4.69, 9.17) is 0 Å². The van der Waals surface area contributed by atoms with Gasteiger partial charge in [0.2, 0.25) is 21.8 Å². The molecule has 8 heteroatoms. The summed E-state index contributed by atoms with van der Waals surface area (Å²) in [7, 11) is -3.76. The Kier molecular flexibility index (Phi) is 9.02. The zero-order chi connectivity index (χ0) is 30.1.